The molecule has 4 nitrogen and oxygen atoms in total. The number of nitrogens with zero attached hydrogens (tertiary/aromatic N) is 1. The number of aryl methyl sites for hydroxylation is 1. The summed E-state index contributed by atoms with van der Waals surface area (Å²) in [4.78, 5) is 11.5. The van der Waals surface area contributed by atoms with E-state index >= 15 is 0 Å². The summed E-state index contributed by atoms with van der Waals surface area (Å²) in [6.45, 7) is 4.38. The van der Waals surface area contributed by atoms with Crippen LogP contribution < -0.4 is 10.5 Å². The summed E-state index contributed by atoms with van der Waals surface area (Å²) in [5.41, 5.74) is 6.24. The fourth-order valence-corrected chi connectivity index (χ4v) is 2.08. The first-order valence-corrected chi connectivity index (χ1v) is 5.94. The molecule has 2 N–H and O–H groups in total. The number of methoxy groups -OCH3 is 1. The van der Waals surface area contributed by atoms with Crippen molar-refractivity contribution in [2.24, 2.45) is 5.73 Å². The van der Waals surface area contributed by atoms with Crippen molar-refractivity contribution in [1.29, 1.82) is 0 Å². The fraction of sp³-hybridized carbons (Fsp3) is 0.357. The maximum absolute atomic E-state index is 11.5. The van der Waals surface area contributed by atoms with Crippen LogP contribution in [0.5, 0.6) is 5.75 Å². The first kappa shape index (κ1) is 14.3. The molecule has 0 amide bonds. The molecule has 2 aromatic rings. The molecule has 0 bridgehead atoms. The second-order valence-corrected chi connectivity index (χ2v) is 3.73. The van der Waals surface area contributed by atoms with E-state index < -0.39 is 0 Å². The van der Waals surface area contributed by atoms with Gasteiger partial charge in [0.1, 0.15) is 5.75 Å². The third kappa shape index (κ3) is 2.38. The molecule has 0 aliphatic rings. The molecule has 0 fully saturated rings. The van der Waals surface area contributed by atoms with Gasteiger partial charge < -0.3 is 15.0 Å². The molecule has 0 aliphatic heterocycles. The molecular weight excluding hydrogens is 228 g/mol. The fourth-order valence-electron chi connectivity index (χ4n) is 2.08. The smallest absolute Gasteiger partial charge is 0.176 e. The Hall–Kier alpha value is -1.81. The van der Waals surface area contributed by atoms with Crippen LogP contribution in [0.1, 0.15) is 24.3 Å². The minimum absolute atomic E-state index is 0.0834. The maximum Gasteiger partial charge on any atom is 0.176 e. The molecular formula is C14H20N2O2. The zero-order valence-corrected chi connectivity index (χ0v) is 11.4. The Morgan fingerprint density at radius 2 is 2.06 bits per heavy atom. The number of carbonyl (C=O) groups is 1. The van der Waals surface area contributed by atoms with Crippen LogP contribution in [0, 0.1) is 0 Å². The first-order chi connectivity index (χ1) is 8.69. The van der Waals surface area contributed by atoms with Crippen LogP contribution in [0.4, 0.5) is 0 Å². The molecule has 0 saturated carbocycles. The van der Waals surface area contributed by atoms with Gasteiger partial charge in [-0.3, -0.25) is 4.79 Å². The predicted octanol–water partition coefficient (Wildman–Crippen LogP) is 2.45. The summed E-state index contributed by atoms with van der Waals surface area (Å²) < 4.78 is 7.33. The van der Waals surface area contributed by atoms with Gasteiger partial charge in [0.05, 0.1) is 18.3 Å². The summed E-state index contributed by atoms with van der Waals surface area (Å²) in [6.07, 6.45) is 0. The highest BCUT2D eigenvalue weighted by Crippen LogP contribution is 2.28. The van der Waals surface area contributed by atoms with E-state index in [1.807, 2.05) is 35.8 Å². The van der Waals surface area contributed by atoms with Crippen molar-refractivity contribution in [2.75, 3.05) is 14.2 Å². The minimum Gasteiger partial charge on any atom is -0.495 e. The van der Waals surface area contributed by atoms with E-state index in [1.54, 1.807) is 14.0 Å². The molecule has 0 aliphatic carbocycles. The zero-order chi connectivity index (χ0) is 13.7. The average Bonchev–Trinajstić information content (AvgIpc) is 2.79. The van der Waals surface area contributed by atoms with Gasteiger partial charge in [-0.05, 0) is 26.1 Å². The summed E-state index contributed by atoms with van der Waals surface area (Å²) in [6, 6.07) is 7.77. The Morgan fingerprint density at radius 3 is 2.56 bits per heavy atom. The maximum atomic E-state index is 11.5. The topological polar surface area (TPSA) is 57.2 Å². The van der Waals surface area contributed by atoms with Crippen molar-refractivity contribution >= 4 is 16.7 Å². The molecule has 0 radical (unpaired) electrons. The molecule has 0 unspecified atom stereocenters. The van der Waals surface area contributed by atoms with Crippen molar-refractivity contribution in [3.8, 4) is 5.75 Å². The lowest BCUT2D eigenvalue weighted by Crippen LogP contribution is -2.05. The molecule has 4 heteroatoms. The van der Waals surface area contributed by atoms with Crippen molar-refractivity contribution < 1.29 is 9.53 Å². The summed E-state index contributed by atoms with van der Waals surface area (Å²) in [7, 11) is 3.15. The second-order valence-electron chi connectivity index (χ2n) is 3.73. The number of nitrogens with two attached hydrogens (primary N) is 1. The van der Waals surface area contributed by atoms with E-state index in [1.165, 1.54) is 7.05 Å². The monoisotopic (exact) mass is 248 g/mol. The van der Waals surface area contributed by atoms with Crippen molar-refractivity contribution in [1.82, 2.24) is 4.57 Å². The minimum atomic E-state index is 0.0834. The van der Waals surface area contributed by atoms with Gasteiger partial charge in [0.2, 0.25) is 0 Å². The molecule has 1 aromatic heterocycles. The van der Waals surface area contributed by atoms with Gasteiger partial charge in [0.15, 0.2) is 5.78 Å². The van der Waals surface area contributed by atoms with Crippen LogP contribution in [-0.2, 0) is 6.54 Å². The highest BCUT2D eigenvalue weighted by Gasteiger charge is 2.13. The van der Waals surface area contributed by atoms with Gasteiger partial charge in [-0.1, -0.05) is 12.1 Å². The van der Waals surface area contributed by atoms with E-state index in [4.69, 9.17) is 4.74 Å². The SMILES string of the molecule is CCn1c(C(C)=O)cc2cccc(OC)c21.CN. The largest absolute Gasteiger partial charge is 0.495 e. The number of hydrogen-bond acceptors (Lipinski definition) is 3. The van der Waals surface area contributed by atoms with Crippen molar-refractivity contribution in [3.63, 3.8) is 0 Å². The Kier molecular flexibility index (Phi) is 4.92. The second kappa shape index (κ2) is 6.21. The molecule has 98 valence electrons. The highest BCUT2D eigenvalue weighted by atomic mass is 16.5. The number of fused-ring (bicyclic) bond motifs is 1. The number of ether oxygens (including phenoxy) is 1. The Bertz CT molecular complexity index is 544. The number of para-hydroxylation sites is 1. The van der Waals surface area contributed by atoms with Gasteiger partial charge >= 0.3 is 0 Å². The lowest BCUT2D eigenvalue weighted by Gasteiger charge is -2.08. The van der Waals surface area contributed by atoms with Gasteiger partial charge in [-0.15, -0.1) is 0 Å². The first-order valence-electron chi connectivity index (χ1n) is 5.94. The standard InChI is InChI=1S/C13H15NO2.CH5N/c1-4-14-11(9(2)15)8-10-6-5-7-12(16-3)13(10)14;1-2/h5-8H,4H2,1-3H3;2H2,1H3. The number of Topliss-reactive ketones (excluding diaryl/α,β-unsaturated/α-hetero) is 1. The van der Waals surface area contributed by atoms with E-state index in [9.17, 15) is 4.79 Å². The Balaban J connectivity index is 0.000000771. The van der Waals surface area contributed by atoms with Crippen LogP contribution in [0.15, 0.2) is 24.3 Å². The van der Waals surface area contributed by atoms with Crippen molar-refractivity contribution in [3.05, 3.63) is 30.0 Å². The van der Waals surface area contributed by atoms with Crippen LogP contribution in [-0.4, -0.2) is 24.5 Å². The number of carbonyl (C=O) groups excluding carboxylic acids is 1. The van der Waals surface area contributed by atoms with E-state index in [0.717, 1.165) is 28.9 Å². The van der Waals surface area contributed by atoms with Crippen LogP contribution in [0.2, 0.25) is 0 Å². The Labute approximate surface area is 107 Å². The lowest BCUT2D eigenvalue weighted by atomic mass is 10.2. The summed E-state index contributed by atoms with van der Waals surface area (Å²) in [5, 5.41) is 1.05. The normalized spacial score (nSPS) is 9.83. The molecule has 1 heterocycles. The Morgan fingerprint density at radius 1 is 1.39 bits per heavy atom. The van der Waals surface area contributed by atoms with Crippen LogP contribution in [0.3, 0.4) is 0 Å². The molecule has 0 spiro atoms. The van der Waals surface area contributed by atoms with E-state index in [0.29, 0.717) is 0 Å². The molecule has 18 heavy (non-hydrogen) atoms. The van der Waals surface area contributed by atoms with Gasteiger partial charge in [-0.25, -0.2) is 0 Å². The summed E-state index contributed by atoms with van der Waals surface area (Å²) in [5.74, 6) is 0.895. The van der Waals surface area contributed by atoms with Crippen LogP contribution in [0.25, 0.3) is 10.9 Å². The molecule has 0 saturated heterocycles. The third-order valence-electron chi connectivity index (χ3n) is 2.78. The number of aromatic nitrogens is 1. The van der Waals surface area contributed by atoms with Crippen molar-refractivity contribution in [2.45, 2.75) is 20.4 Å². The molecule has 0 atom stereocenters. The number of hydrogen-bond donors (Lipinski definition) is 1. The lowest BCUT2D eigenvalue weighted by molar-refractivity contribution is 0.100. The molecule has 2 rings (SSSR count). The highest BCUT2D eigenvalue weighted by molar-refractivity contribution is 6.00. The molecule has 1 aromatic carbocycles. The summed E-state index contributed by atoms with van der Waals surface area (Å²) >= 11 is 0. The number of rotatable bonds is 3. The predicted molar refractivity (Wildman–Crippen MR) is 74.3 cm³/mol. The third-order valence-corrected chi connectivity index (χ3v) is 2.78. The number of benzene rings is 1. The quantitative estimate of drug-likeness (QED) is 0.849. The van der Waals surface area contributed by atoms with Crippen LogP contribution >= 0.6 is 0 Å². The van der Waals surface area contributed by atoms with Gasteiger partial charge in [-0.2, -0.15) is 0 Å². The van der Waals surface area contributed by atoms with E-state index in [-0.39, 0.29) is 5.78 Å². The number of ketones is 1. The average molecular weight is 248 g/mol. The zero-order valence-electron chi connectivity index (χ0n) is 11.4. The van der Waals surface area contributed by atoms with Gasteiger partial charge in [0.25, 0.3) is 0 Å². The van der Waals surface area contributed by atoms with E-state index in [2.05, 4.69) is 5.73 Å². The van der Waals surface area contributed by atoms with Gasteiger partial charge in [0, 0.05) is 18.9 Å².